The highest BCUT2D eigenvalue weighted by Crippen LogP contribution is 2.25. The number of thiocarbonyl (C=S) groups is 2. The first-order valence-electron chi connectivity index (χ1n) is 20.7. The van der Waals surface area contributed by atoms with Gasteiger partial charge in [0.2, 0.25) is 8.77 Å². The molecule has 0 atom stereocenters. The molecule has 0 bridgehead atoms. The van der Waals surface area contributed by atoms with Gasteiger partial charge in [-0.15, -0.1) is 0 Å². The van der Waals surface area contributed by atoms with Gasteiger partial charge in [-0.25, -0.2) is 4.79 Å². The van der Waals surface area contributed by atoms with Crippen molar-refractivity contribution in [3.63, 3.8) is 0 Å². The Morgan fingerprint density at radius 2 is 0.825 bits per heavy atom. The van der Waals surface area contributed by atoms with Crippen molar-refractivity contribution in [1.29, 1.82) is 0 Å². The molecular weight excluding hydrogens is 867 g/mol. The number of amides is 1. The van der Waals surface area contributed by atoms with Crippen LogP contribution in [0, 0.1) is 0 Å². The summed E-state index contributed by atoms with van der Waals surface area (Å²) in [6.07, 6.45) is 2.43. The molecule has 0 rings (SSSR count). The van der Waals surface area contributed by atoms with Crippen LogP contribution in [0.5, 0.6) is 0 Å². The van der Waals surface area contributed by atoms with Crippen LogP contribution < -0.4 is 5.32 Å². The Morgan fingerprint density at radius 3 is 1.12 bits per heavy atom. The first kappa shape index (κ1) is 57.0. The summed E-state index contributed by atoms with van der Waals surface area (Å²) in [7, 11) is -8.27. The standard InChI is InChI=1S/C36H75NO13S4Si3/c1-11-41-55(42-12-2,43-13-3)30-20-25-37-33(38)50-36(10,23-26-39-34(51)53-28-21-31-56(44-14-4,45-15-5)46-16-6)24-27-40-35(52)54-29-22-32-57(47-17-7,48-18-8)49-19-9/h11-32H2,1-10H3,(H,37,38). The maximum atomic E-state index is 13.1. The second kappa shape index (κ2) is 34.6. The Labute approximate surface area is 367 Å². The molecule has 21 heteroatoms. The summed E-state index contributed by atoms with van der Waals surface area (Å²) in [5.41, 5.74) is -0.930. The molecule has 0 saturated heterocycles. The molecule has 0 saturated carbocycles. The van der Waals surface area contributed by atoms with Crippen LogP contribution in [0.15, 0.2) is 0 Å². The third-order valence-electron chi connectivity index (χ3n) is 7.94. The SMILES string of the molecule is CCO[Si](CCCNC(=O)OC(C)(CCOC(=S)SCCC[Si](OCC)(OCC)OCC)CCOC(=S)SCCC[Si](OCC)(OCC)OCC)(OCC)OCC. The average molecular weight is 943 g/mol. The van der Waals surface area contributed by atoms with E-state index in [1.807, 2.05) is 69.2 Å². The summed E-state index contributed by atoms with van der Waals surface area (Å²) in [6.45, 7) is 24.9. The van der Waals surface area contributed by atoms with E-state index < -0.39 is 38.1 Å². The van der Waals surface area contributed by atoms with E-state index in [2.05, 4.69) is 5.32 Å². The summed E-state index contributed by atoms with van der Waals surface area (Å²) < 4.78 is 72.3. The molecule has 0 radical (unpaired) electrons. The highest BCUT2D eigenvalue weighted by Gasteiger charge is 2.41. The van der Waals surface area contributed by atoms with Crippen LogP contribution in [0.2, 0.25) is 18.1 Å². The monoisotopic (exact) mass is 941 g/mol. The Hall–Kier alpha value is 0.0406. The highest BCUT2D eigenvalue weighted by molar-refractivity contribution is 8.22. The molecule has 0 spiro atoms. The van der Waals surface area contributed by atoms with Crippen LogP contribution in [-0.2, 0) is 54.0 Å². The molecule has 0 aliphatic heterocycles. The van der Waals surface area contributed by atoms with Gasteiger partial charge in [0.15, 0.2) is 0 Å². The van der Waals surface area contributed by atoms with E-state index in [9.17, 15) is 4.79 Å². The second-order valence-electron chi connectivity index (χ2n) is 12.4. The van der Waals surface area contributed by atoms with Gasteiger partial charge >= 0.3 is 32.5 Å². The molecule has 1 amide bonds. The Morgan fingerprint density at radius 1 is 0.526 bits per heavy atom. The number of alkyl carbamates (subject to hydrolysis) is 1. The number of hydrogen-bond donors (Lipinski definition) is 1. The first-order chi connectivity index (χ1) is 27.3. The van der Waals surface area contributed by atoms with Crippen LogP contribution in [0.25, 0.3) is 0 Å². The molecule has 0 aromatic carbocycles. The van der Waals surface area contributed by atoms with Crippen LogP contribution in [0.1, 0.15) is 101 Å². The van der Waals surface area contributed by atoms with Crippen molar-refractivity contribution in [2.45, 2.75) is 125 Å². The van der Waals surface area contributed by atoms with Crippen molar-refractivity contribution in [3.8, 4) is 0 Å². The molecule has 338 valence electrons. The average Bonchev–Trinajstić information content (AvgIpc) is 3.15. The predicted octanol–water partition coefficient (Wildman–Crippen LogP) is 8.64. The normalized spacial score (nSPS) is 12.5. The summed E-state index contributed by atoms with van der Waals surface area (Å²) in [6, 6.07) is 1.97. The maximum absolute atomic E-state index is 13.1. The lowest BCUT2D eigenvalue weighted by Gasteiger charge is -2.30. The third-order valence-corrected chi connectivity index (χ3v) is 20.0. The summed E-state index contributed by atoms with van der Waals surface area (Å²) in [5.74, 6) is 1.46. The molecule has 0 heterocycles. The van der Waals surface area contributed by atoms with Gasteiger partial charge < -0.3 is 59.4 Å². The van der Waals surface area contributed by atoms with E-state index in [0.717, 1.165) is 24.3 Å². The van der Waals surface area contributed by atoms with Crippen LogP contribution in [0.4, 0.5) is 4.79 Å². The topological polar surface area (TPSA) is 140 Å². The van der Waals surface area contributed by atoms with Crippen molar-refractivity contribution in [2.24, 2.45) is 0 Å². The molecule has 0 aliphatic carbocycles. The maximum Gasteiger partial charge on any atom is 0.500 e. The summed E-state index contributed by atoms with van der Waals surface area (Å²) in [4.78, 5) is 13.1. The van der Waals surface area contributed by atoms with Gasteiger partial charge in [0.05, 0.1) is 13.2 Å². The van der Waals surface area contributed by atoms with E-state index in [0.29, 0.717) is 112 Å². The van der Waals surface area contributed by atoms with Gasteiger partial charge in [0.25, 0.3) is 0 Å². The van der Waals surface area contributed by atoms with Crippen molar-refractivity contribution >= 4 is 89.2 Å². The molecule has 14 nitrogen and oxygen atoms in total. The van der Waals surface area contributed by atoms with E-state index in [1.54, 1.807) is 0 Å². The largest absolute Gasteiger partial charge is 0.500 e. The lowest BCUT2D eigenvalue weighted by atomic mass is 9.99. The van der Waals surface area contributed by atoms with E-state index >= 15 is 0 Å². The number of nitrogens with one attached hydrogen (secondary N) is 1. The highest BCUT2D eigenvalue weighted by atomic mass is 32.2. The molecule has 57 heavy (non-hydrogen) atoms. The van der Waals surface area contributed by atoms with Crippen molar-refractivity contribution in [3.05, 3.63) is 0 Å². The quantitative estimate of drug-likeness (QED) is 0.0361. The predicted molar refractivity (Wildman–Crippen MR) is 244 cm³/mol. The Balaban J connectivity index is 5.32. The third kappa shape index (κ3) is 26.2. The second-order valence-corrected chi connectivity index (χ2v) is 24.0. The first-order valence-corrected chi connectivity index (χ1v) is 29.2. The van der Waals surface area contributed by atoms with E-state index in [-0.39, 0.29) is 13.2 Å². The molecule has 0 aromatic heterocycles. The fourth-order valence-corrected chi connectivity index (χ4v) is 15.9. The minimum atomic E-state index is -2.83. The molecule has 1 N–H and O–H groups in total. The zero-order chi connectivity index (χ0) is 42.9. The molecule has 0 aromatic rings. The van der Waals surface area contributed by atoms with Crippen molar-refractivity contribution in [1.82, 2.24) is 5.32 Å². The van der Waals surface area contributed by atoms with Crippen LogP contribution >= 0.6 is 48.0 Å². The van der Waals surface area contributed by atoms with Gasteiger partial charge in [-0.05, 0) is 113 Å². The number of carbonyl (C=O) groups is 1. The lowest BCUT2D eigenvalue weighted by molar-refractivity contribution is -0.00564. The molecule has 0 aliphatic rings. The molecule has 0 unspecified atom stereocenters. The Kier molecular flexibility index (Phi) is 34.6. The van der Waals surface area contributed by atoms with Crippen LogP contribution in [0.3, 0.4) is 0 Å². The number of thioether (sulfide) groups is 2. The van der Waals surface area contributed by atoms with Gasteiger partial charge in [-0.2, -0.15) is 0 Å². The van der Waals surface area contributed by atoms with Gasteiger partial charge in [0, 0.05) is 108 Å². The lowest BCUT2D eigenvalue weighted by Crippen LogP contribution is -2.46. The van der Waals surface area contributed by atoms with E-state index in [1.165, 1.54) is 23.5 Å². The summed E-state index contributed by atoms with van der Waals surface area (Å²) >= 11 is 14.0. The molecular formula is C36H75NO13S4Si3. The van der Waals surface area contributed by atoms with Gasteiger partial charge in [-0.3, -0.25) is 0 Å². The minimum Gasteiger partial charge on any atom is -0.478 e. The number of carbonyl (C=O) groups excluding carboxylic acids is 1. The van der Waals surface area contributed by atoms with E-state index in [4.69, 9.17) is 78.5 Å². The smallest absolute Gasteiger partial charge is 0.478 e. The van der Waals surface area contributed by atoms with Gasteiger partial charge in [-0.1, -0.05) is 23.5 Å². The number of rotatable bonds is 37. The zero-order valence-electron chi connectivity index (χ0n) is 36.5. The molecule has 0 fully saturated rings. The van der Waals surface area contributed by atoms with Crippen LogP contribution in [-0.4, -0.2) is 138 Å². The van der Waals surface area contributed by atoms with Gasteiger partial charge in [0.1, 0.15) is 5.60 Å². The van der Waals surface area contributed by atoms with Crippen molar-refractivity contribution < 1.29 is 58.8 Å². The Bertz CT molecular complexity index is 958. The fraction of sp³-hybridized carbons (Fsp3) is 0.917. The number of hydrogen-bond acceptors (Lipinski definition) is 17. The minimum absolute atomic E-state index is 0.251. The summed E-state index contributed by atoms with van der Waals surface area (Å²) in [5, 5.41) is 2.88. The zero-order valence-corrected chi connectivity index (χ0v) is 42.8. The van der Waals surface area contributed by atoms with Crippen molar-refractivity contribution in [2.75, 3.05) is 90.7 Å². The fourth-order valence-electron chi connectivity index (χ4n) is 5.66. The number of ether oxygens (including phenoxy) is 3.